The van der Waals surface area contributed by atoms with Gasteiger partial charge in [0, 0.05) is 17.6 Å². The van der Waals surface area contributed by atoms with E-state index < -0.39 is 10.0 Å². The molecule has 2 aromatic rings. The number of benzene rings is 2. The van der Waals surface area contributed by atoms with Gasteiger partial charge in [0.25, 0.3) is 10.0 Å². The van der Waals surface area contributed by atoms with Gasteiger partial charge >= 0.3 is 0 Å². The highest BCUT2D eigenvalue weighted by atomic mass is 35.5. The second-order valence-electron chi connectivity index (χ2n) is 7.46. The molecule has 2 rings (SSSR count). The number of hydrogen-bond donors (Lipinski definition) is 2. The van der Waals surface area contributed by atoms with Crippen LogP contribution >= 0.6 is 11.6 Å². The molecule has 0 aliphatic rings. The maximum Gasteiger partial charge on any atom is 0.261 e. The highest BCUT2D eigenvalue weighted by molar-refractivity contribution is 7.92. The van der Waals surface area contributed by atoms with Crippen molar-refractivity contribution in [1.82, 2.24) is 5.32 Å². The molecule has 0 aliphatic heterocycles. The summed E-state index contributed by atoms with van der Waals surface area (Å²) in [5.74, 6) is -0.161. The lowest BCUT2D eigenvalue weighted by molar-refractivity contribution is -0.118. The van der Waals surface area contributed by atoms with Crippen molar-refractivity contribution < 1.29 is 13.2 Å². The van der Waals surface area contributed by atoms with Crippen LogP contribution in [0.5, 0.6) is 0 Å². The van der Waals surface area contributed by atoms with E-state index in [1.807, 2.05) is 58.1 Å². The molecule has 1 amide bonds. The lowest BCUT2D eigenvalue weighted by Crippen LogP contribution is -2.18. The van der Waals surface area contributed by atoms with Crippen molar-refractivity contribution in [2.45, 2.75) is 45.9 Å². The van der Waals surface area contributed by atoms with Gasteiger partial charge in [0.05, 0.1) is 10.6 Å². The van der Waals surface area contributed by atoms with E-state index in [0.29, 0.717) is 16.4 Å². The Kier molecular flexibility index (Phi) is 8.87. The van der Waals surface area contributed by atoms with Crippen molar-refractivity contribution in [3.8, 4) is 0 Å². The van der Waals surface area contributed by atoms with E-state index >= 15 is 0 Å². The first-order chi connectivity index (χ1) is 15.1. The van der Waals surface area contributed by atoms with Gasteiger partial charge in [-0.3, -0.25) is 9.52 Å². The molecule has 0 radical (unpaired) electrons. The molecular formula is C25H29ClN2O3S. The zero-order chi connectivity index (χ0) is 23.9. The van der Waals surface area contributed by atoms with Gasteiger partial charge in [-0.2, -0.15) is 0 Å². The monoisotopic (exact) mass is 472 g/mol. The molecule has 32 heavy (non-hydrogen) atoms. The van der Waals surface area contributed by atoms with Crippen LogP contribution in [0.4, 0.5) is 5.69 Å². The fraction of sp³-hybridized carbons (Fsp3) is 0.240. The Morgan fingerprint density at radius 2 is 1.81 bits per heavy atom. The van der Waals surface area contributed by atoms with E-state index in [-0.39, 0.29) is 10.8 Å². The summed E-state index contributed by atoms with van der Waals surface area (Å²) in [6.45, 7) is 9.24. The summed E-state index contributed by atoms with van der Waals surface area (Å²) in [5.41, 5.74) is 4.70. The standard InChI is InChI=1S/C25H29ClN2O3S/c1-6-17(3)13-23(27-19(5)29)14-20(7-2)21-12-11-18(4)25(15-21)28-32(30,31)24-10-8-9-22(26)16-24/h7-16,28H,6H2,1-5H3,(H,27,29)/b17-13+,20-7+,23-14+. The summed E-state index contributed by atoms with van der Waals surface area (Å²) >= 11 is 5.96. The summed E-state index contributed by atoms with van der Waals surface area (Å²) in [6.07, 6.45) is 6.58. The summed E-state index contributed by atoms with van der Waals surface area (Å²) in [7, 11) is -3.80. The van der Waals surface area contributed by atoms with Crippen molar-refractivity contribution in [2.24, 2.45) is 0 Å². The van der Waals surface area contributed by atoms with Crippen LogP contribution in [0, 0.1) is 6.92 Å². The fourth-order valence-corrected chi connectivity index (χ4v) is 4.36. The Morgan fingerprint density at radius 1 is 1.09 bits per heavy atom. The number of carbonyl (C=O) groups excluding carboxylic acids is 1. The quantitative estimate of drug-likeness (QED) is 0.447. The van der Waals surface area contributed by atoms with Gasteiger partial charge in [0.1, 0.15) is 0 Å². The second-order valence-corrected chi connectivity index (χ2v) is 9.58. The van der Waals surface area contributed by atoms with E-state index in [9.17, 15) is 13.2 Å². The van der Waals surface area contributed by atoms with Gasteiger partial charge in [-0.25, -0.2) is 8.42 Å². The summed E-state index contributed by atoms with van der Waals surface area (Å²) in [6, 6.07) is 11.7. The number of halogens is 1. The lowest BCUT2D eigenvalue weighted by Gasteiger charge is -2.14. The molecule has 0 fully saturated rings. The second kappa shape index (κ2) is 11.2. The Bertz CT molecular complexity index is 1200. The third-order valence-electron chi connectivity index (χ3n) is 4.82. The highest BCUT2D eigenvalue weighted by Gasteiger charge is 2.16. The number of anilines is 1. The Balaban J connectivity index is 2.46. The van der Waals surface area contributed by atoms with Crippen LogP contribution in [0.3, 0.4) is 0 Å². The average Bonchev–Trinajstić information content (AvgIpc) is 2.73. The maximum atomic E-state index is 12.9. The largest absolute Gasteiger partial charge is 0.326 e. The van der Waals surface area contributed by atoms with Crippen LogP contribution in [-0.2, 0) is 14.8 Å². The van der Waals surface area contributed by atoms with E-state index in [2.05, 4.69) is 10.0 Å². The number of hydrogen-bond acceptors (Lipinski definition) is 3. The van der Waals surface area contributed by atoms with E-state index in [4.69, 9.17) is 11.6 Å². The van der Waals surface area contributed by atoms with E-state index in [1.165, 1.54) is 19.1 Å². The number of aryl methyl sites for hydroxylation is 1. The zero-order valence-electron chi connectivity index (χ0n) is 19.0. The van der Waals surface area contributed by atoms with E-state index in [1.54, 1.807) is 18.2 Å². The molecule has 2 N–H and O–H groups in total. The smallest absolute Gasteiger partial charge is 0.261 e. The summed E-state index contributed by atoms with van der Waals surface area (Å²) < 4.78 is 28.4. The molecule has 0 aliphatic carbocycles. The number of allylic oxidation sites excluding steroid dienone is 5. The molecule has 5 nitrogen and oxygen atoms in total. The van der Waals surface area contributed by atoms with Gasteiger partial charge < -0.3 is 5.32 Å². The molecule has 2 aromatic carbocycles. The molecule has 0 saturated carbocycles. The molecule has 0 bridgehead atoms. The van der Waals surface area contributed by atoms with Gasteiger partial charge in [-0.15, -0.1) is 0 Å². The van der Waals surface area contributed by atoms with Gasteiger partial charge in [-0.1, -0.05) is 48.4 Å². The summed E-state index contributed by atoms with van der Waals surface area (Å²) in [5, 5.41) is 3.20. The first-order valence-electron chi connectivity index (χ1n) is 10.3. The summed E-state index contributed by atoms with van der Waals surface area (Å²) in [4.78, 5) is 11.7. The van der Waals surface area contributed by atoms with Gasteiger partial charge in [0.15, 0.2) is 0 Å². The molecular weight excluding hydrogens is 444 g/mol. The van der Waals surface area contributed by atoms with Gasteiger partial charge in [0.2, 0.25) is 5.91 Å². The van der Waals surface area contributed by atoms with Crippen LogP contribution in [0.15, 0.2) is 76.9 Å². The van der Waals surface area contributed by atoms with Crippen molar-refractivity contribution in [3.63, 3.8) is 0 Å². The van der Waals surface area contributed by atoms with Crippen molar-refractivity contribution >= 4 is 38.8 Å². The maximum absolute atomic E-state index is 12.9. The Labute approximate surface area is 195 Å². The molecule has 170 valence electrons. The first-order valence-corrected chi connectivity index (χ1v) is 12.1. The SMILES string of the molecule is C\C=C(/C=C(\C=C(/C)CC)NC(C)=O)c1ccc(C)c(NS(=O)(=O)c2cccc(Cl)c2)c1. The number of rotatable bonds is 8. The van der Waals surface area contributed by atoms with Crippen LogP contribution < -0.4 is 10.0 Å². The molecule has 0 spiro atoms. The Morgan fingerprint density at radius 3 is 2.41 bits per heavy atom. The average molecular weight is 473 g/mol. The first kappa shape index (κ1) is 25.4. The van der Waals surface area contributed by atoms with Crippen LogP contribution in [0.25, 0.3) is 5.57 Å². The van der Waals surface area contributed by atoms with Crippen molar-refractivity contribution in [3.05, 3.63) is 88.1 Å². The predicted molar refractivity (Wildman–Crippen MR) is 133 cm³/mol. The zero-order valence-corrected chi connectivity index (χ0v) is 20.6. The third kappa shape index (κ3) is 7.11. The minimum atomic E-state index is -3.80. The molecule has 0 aromatic heterocycles. The highest BCUT2D eigenvalue weighted by Crippen LogP contribution is 2.27. The molecule has 7 heteroatoms. The third-order valence-corrected chi connectivity index (χ3v) is 6.42. The molecule has 0 unspecified atom stereocenters. The topological polar surface area (TPSA) is 75.3 Å². The van der Waals surface area contributed by atoms with Crippen molar-refractivity contribution in [1.29, 1.82) is 0 Å². The normalized spacial score (nSPS) is 13.1. The number of carbonyl (C=O) groups is 1. The van der Waals surface area contributed by atoms with Crippen LogP contribution in [-0.4, -0.2) is 14.3 Å². The minimum absolute atomic E-state index is 0.0917. The number of sulfonamides is 1. The van der Waals surface area contributed by atoms with Crippen LogP contribution in [0.1, 0.15) is 45.2 Å². The van der Waals surface area contributed by atoms with E-state index in [0.717, 1.165) is 28.7 Å². The fourth-order valence-electron chi connectivity index (χ4n) is 2.93. The van der Waals surface area contributed by atoms with Gasteiger partial charge in [-0.05, 0) is 80.3 Å². The number of amides is 1. The number of nitrogens with one attached hydrogen (secondary N) is 2. The molecule has 0 saturated heterocycles. The van der Waals surface area contributed by atoms with Crippen LogP contribution in [0.2, 0.25) is 5.02 Å². The molecule has 0 atom stereocenters. The minimum Gasteiger partial charge on any atom is -0.326 e. The lowest BCUT2D eigenvalue weighted by atomic mass is 10.0. The molecule has 0 heterocycles. The predicted octanol–water partition coefficient (Wildman–Crippen LogP) is 6.23. The van der Waals surface area contributed by atoms with Crippen molar-refractivity contribution in [2.75, 3.05) is 4.72 Å². The Hall–Kier alpha value is -2.83.